The highest BCUT2D eigenvalue weighted by Gasteiger charge is 2.18. The molecule has 0 aliphatic rings. The molecule has 3 heterocycles. The number of benzene rings is 6. The van der Waals surface area contributed by atoms with E-state index in [1.165, 1.54) is 10.9 Å². The van der Waals surface area contributed by atoms with Crippen molar-refractivity contribution in [3.8, 4) is 11.4 Å². The van der Waals surface area contributed by atoms with Crippen molar-refractivity contribution < 1.29 is 4.42 Å². The van der Waals surface area contributed by atoms with Crippen molar-refractivity contribution in [1.82, 2.24) is 14.1 Å². The van der Waals surface area contributed by atoms with Crippen molar-refractivity contribution in [2.45, 2.75) is 6.92 Å². The SMILES string of the molecule is C=Cc1c(/C=C\C)c2ccccc2n1-c1ccc2c(c1)c1ccccc1c1cccnc1c1cc3oc4ccccc4n(-c4ccccc4)c3cc21. The largest absolute Gasteiger partial charge is 0.453 e. The molecule has 0 spiro atoms. The number of aromatic nitrogens is 3. The Labute approximate surface area is 300 Å². The van der Waals surface area contributed by atoms with Crippen LogP contribution in [0.25, 0.3) is 99.8 Å². The van der Waals surface area contributed by atoms with Gasteiger partial charge < -0.3 is 13.6 Å². The minimum Gasteiger partial charge on any atom is -0.453 e. The Hall–Kier alpha value is -6.91. The molecule has 4 heteroatoms. The lowest BCUT2D eigenvalue weighted by Gasteiger charge is -2.17. The van der Waals surface area contributed by atoms with Crippen LogP contribution in [0.3, 0.4) is 0 Å². The molecule has 0 amide bonds. The maximum Gasteiger partial charge on any atom is 0.152 e. The first kappa shape index (κ1) is 30.0. The van der Waals surface area contributed by atoms with Gasteiger partial charge in [0.2, 0.25) is 0 Å². The monoisotopic (exact) mass is 667 g/mol. The van der Waals surface area contributed by atoms with E-state index in [1.54, 1.807) is 0 Å². The van der Waals surface area contributed by atoms with Gasteiger partial charge in [0.25, 0.3) is 0 Å². The zero-order chi connectivity index (χ0) is 34.8. The first-order valence-corrected chi connectivity index (χ1v) is 17.6. The molecule has 0 saturated carbocycles. The van der Waals surface area contributed by atoms with Gasteiger partial charge in [-0.1, -0.05) is 104 Å². The standard InChI is InChI=1S/C48H33N3O/c1-3-15-36-37-20-10-11-22-43(37)51(42(36)4-2)32-25-26-35-39(28-32)34-19-9-8-18-33(34)38-21-14-27-49-48(38)41-30-47-45(29-40(35)41)50(31-16-6-5-7-17-31)44-23-12-13-24-46(44)52-47/h3-30H,2H2,1H3/b15-3-,38-33?,39-34?,40-35?,48-41?. The maximum atomic E-state index is 6.72. The smallest absolute Gasteiger partial charge is 0.152 e. The summed E-state index contributed by atoms with van der Waals surface area (Å²) in [7, 11) is 0. The summed E-state index contributed by atoms with van der Waals surface area (Å²) < 4.78 is 11.4. The summed E-state index contributed by atoms with van der Waals surface area (Å²) in [4.78, 5) is 5.06. The molecule has 0 fully saturated rings. The highest BCUT2D eigenvalue weighted by molar-refractivity contribution is 6.26. The topological polar surface area (TPSA) is 35.9 Å². The number of allylic oxidation sites excluding steroid dienone is 1. The molecule has 4 nitrogen and oxygen atoms in total. The fraction of sp³-hybridized carbons (Fsp3) is 0.0208. The van der Waals surface area contributed by atoms with Gasteiger partial charge in [-0.3, -0.25) is 4.98 Å². The summed E-state index contributed by atoms with van der Waals surface area (Å²) in [6.45, 7) is 6.33. The molecular formula is C48H33N3O. The van der Waals surface area contributed by atoms with Gasteiger partial charge in [0.05, 0.1) is 27.8 Å². The van der Waals surface area contributed by atoms with Crippen molar-refractivity contribution in [3.05, 3.63) is 176 Å². The molecule has 52 heavy (non-hydrogen) atoms. The second-order valence-electron chi connectivity index (χ2n) is 13.1. The average molecular weight is 668 g/mol. The molecule has 0 saturated heterocycles. The first-order valence-electron chi connectivity index (χ1n) is 17.6. The minimum absolute atomic E-state index is 0.788. The Kier molecular flexibility index (Phi) is 6.83. The van der Waals surface area contributed by atoms with Crippen molar-refractivity contribution in [2.75, 3.05) is 0 Å². The molecule has 3 aromatic heterocycles. The Bertz CT molecular complexity index is 3160. The van der Waals surface area contributed by atoms with Gasteiger partial charge in [-0.05, 0) is 101 Å². The highest BCUT2D eigenvalue weighted by Crippen LogP contribution is 2.40. The minimum atomic E-state index is 0.788. The molecule has 0 atom stereocenters. The van der Waals surface area contributed by atoms with Gasteiger partial charge >= 0.3 is 0 Å². The van der Waals surface area contributed by atoms with E-state index in [9.17, 15) is 0 Å². The lowest BCUT2D eigenvalue weighted by molar-refractivity contribution is 0.654. The Morgan fingerprint density at radius 3 is 2.00 bits per heavy atom. The number of nitrogens with zero attached hydrogens (tertiary/aromatic N) is 3. The summed E-state index contributed by atoms with van der Waals surface area (Å²) in [5.74, 6) is 0. The van der Waals surface area contributed by atoms with Crippen molar-refractivity contribution >= 4 is 88.5 Å². The van der Waals surface area contributed by atoms with Crippen LogP contribution in [0.5, 0.6) is 0 Å². The molecule has 246 valence electrons. The predicted molar refractivity (Wildman–Crippen MR) is 220 cm³/mol. The van der Waals surface area contributed by atoms with Gasteiger partial charge in [0.1, 0.15) is 0 Å². The molecule has 0 bridgehead atoms. The summed E-state index contributed by atoms with van der Waals surface area (Å²) in [5.41, 5.74) is 10.0. The zero-order valence-corrected chi connectivity index (χ0v) is 28.6. The van der Waals surface area contributed by atoms with Crippen LogP contribution in [-0.2, 0) is 0 Å². The number of fused-ring (bicyclic) bond motifs is 11. The summed E-state index contributed by atoms with van der Waals surface area (Å²) in [5, 5.41) is 8.97. The highest BCUT2D eigenvalue weighted by atomic mass is 16.3. The van der Waals surface area contributed by atoms with E-state index in [2.05, 4.69) is 162 Å². The van der Waals surface area contributed by atoms with Crippen LogP contribution in [0.4, 0.5) is 0 Å². The first-order chi connectivity index (χ1) is 25.7. The van der Waals surface area contributed by atoms with E-state index in [-0.39, 0.29) is 0 Å². The lowest BCUT2D eigenvalue weighted by Crippen LogP contribution is -2.00. The van der Waals surface area contributed by atoms with Crippen molar-refractivity contribution in [2.24, 2.45) is 0 Å². The summed E-state index contributed by atoms with van der Waals surface area (Å²) in [6.07, 6.45) is 8.14. The molecule has 10 rings (SSSR count). The third kappa shape index (κ3) is 4.44. The van der Waals surface area contributed by atoms with Crippen LogP contribution in [-0.4, -0.2) is 14.1 Å². The number of pyridine rings is 1. The van der Waals surface area contributed by atoms with Crippen LogP contribution in [0.2, 0.25) is 0 Å². The maximum absolute atomic E-state index is 6.72. The second kappa shape index (κ2) is 11.9. The van der Waals surface area contributed by atoms with Gasteiger partial charge in [-0.15, -0.1) is 0 Å². The van der Waals surface area contributed by atoms with Crippen LogP contribution in [0, 0.1) is 0 Å². The molecule has 10 aromatic rings. The normalized spacial score (nSPS) is 11.9. The van der Waals surface area contributed by atoms with Crippen molar-refractivity contribution in [1.29, 1.82) is 0 Å². The zero-order valence-electron chi connectivity index (χ0n) is 28.6. The Morgan fingerprint density at radius 1 is 0.519 bits per heavy atom. The van der Waals surface area contributed by atoms with Gasteiger partial charge in [-0.25, -0.2) is 0 Å². The number of rotatable bonds is 4. The molecule has 0 radical (unpaired) electrons. The van der Waals surface area contributed by atoms with E-state index in [4.69, 9.17) is 9.40 Å². The van der Waals surface area contributed by atoms with E-state index in [1.807, 2.05) is 30.5 Å². The fourth-order valence-electron chi connectivity index (χ4n) is 8.10. The van der Waals surface area contributed by atoms with Crippen LogP contribution >= 0.6 is 0 Å². The predicted octanol–water partition coefficient (Wildman–Crippen LogP) is 13.1. The summed E-state index contributed by atoms with van der Waals surface area (Å²) in [6, 6.07) is 51.6. The van der Waals surface area contributed by atoms with Gasteiger partial charge in [0.15, 0.2) is 11.2 Å². The van der Waals surface area contributed by atoms with Crippen LogP contribution < -0.4 is 0 Å². The van der Waals surface area contributed by atoms with E-state index in [0.717, 1.165) is 88.0 Å². The van der Waals surface area contributed by atoms with E-state index < -0.39 is 0 Å². The molecule has 0 aliphatic heterocycles. The quantitative estimate of drug-likeness (QED) is 0.175. The molecule has 0 aliphatic carbocycles. The summed E-state index contributed by atoms with van der Waals surface area (Å²) >= 11 is 0. The molecule has 0 N–H and O–H groups in total. The third-order valence-electron chi connectivity index (χ3n) is 10.3. The molecular weight excluding hydrogens is 635 g/mol. The van der Waals surface area contributed by atoms with E-state index >= 15 is 0 Å². The van der Waals surface area contributed by atoms with Crippen LogP contribution in [0.1, 0.15) is 18.2 Å². The van der Waals surface area contributed by atoms with Gasteiger partial charge in [-0.2, -0.15) is 0 Å². The Balaban J connectivity index is 1.43. The number of para-hydroxylation sites is 4. The van der Waals surface area contributed by atoms with E-state index in [0.29, 0.717) is 0 Å². The third-order valence-corrected chi connectivity index (χ3v) is 10.3. The lowest BCUT2D eigenvalue weighted by atomic mass is 9.95. The number of hydrogen-bond donors (Lipinski definition) is 0. The fourth-order valence-corrected chi connectivity index (χ4v) is 8.10. The van der Waals surface area contributed by atoms with Gasteiger partial charge in [0, 0.05) is 39.3 Å². The average Bonchev–Trinajstić information content (AvgIpc) is 3.52. The number of hydrogen-bond acceptors (Lipinski definition) is 2. The second-order valence-corrected chi connectivity index (χ2v) is 13.1. The van der Waals surface area contributed by atoms with Crippen LogP contribution in [0.15, 0.2) is 169 Å². The molecule has 0 unspecified atom stereocenters. The molecule has 7 aromatic carbocycles. The van der Waals surface area contributed by atoms with Crippen molar-refractivity contribution in [3.63, 3.8) is 0 Å². The Morgan fingerprint density at radius 2 is 1.19 bits per heavy atom.